The molecular formula is C18H18N4O3S. The van der Waals surface area contributed by atoms with E-state index in [1.165, 1.54) is 19.1 Å². The van der Waals surface area contributed by atoms with Gasteiger partial charge in [-0.3, -0.25) is 14.5 Å². The van der Waals surface area contributed by atoms with Gasteiger partial charge >= 0.3 is 0 Å². The second kappa shape index (κ2) is 7.19. The molecule has 1 N–H and O–H groups in total. The molecule has 8 heteroatoms. The summed E-state index contributed by atoms with van der Waals surface area (Å²) in [5.41, 5.74) is 2.46. The Morgan fingerprint density at radius 3 is 2.65 bits per heavy atom. The number of sulfonamides is 1. The van der Waals surface area contributed by atoms with E-state index in [4.69, 9.17) is 0 Å². The molecule has 0 radical (unpaired) electrons. The normalized spacial score (nSPS) is 11.5. The van der Waals surface area contributed by atoms with Crippen molar-refractivity contribution in [3.05, 3.63) is 66.0 Å². The van der Waals surface area contributed by atoms with Gasteiger partial charge in [0.25, 0.3) is 0 Å². The van der Waals surface area contributed by atoms with Gasteiger partial charge in [0.2, 0.25) is 10.0 Å². The molecular weight excluding hydrogens is 352 g/mol. The van der Waals surface area contributed by atoms with Crippen molar-refractivity contribution >= 4 is 15.8 Å². The molecule has 0 fully saturated rings. The van der Waals surface area contributed by atoms with Crippen LogP contribution in [0, 0.1) is 0 Å². The highest BCUT2D eigenvalue weighted by Crippen LogP contribution is 2.18. The average Bonchev–Trinajstić information content (AvgIpc) is 3.02. The third kappa shape index (κ3) is 3.87. The van der Waals surface area contributed by atoms with E-state index in [0.29, 0.717) is 11.3 Å². The third-order valence-corrected chi connectivity index (χ3v) is 5.25. The van der Waals surface area contributed by atoms with Crippen LogP contribution in [0.15, 0.2) is 59.6 Å². The third-order valence-electron chi connectivity index (χ3n) is 3.85. The van der Waals surface area contributed by atoms with E-state index in [2.05, 4.69) is 14.8 Å². The standard InChI is InChI=1S/C18H18N4O3S/c1-13(23)14-6-5-7-16(10-14)26(24,25)20-12-15-11-18(22(2)21-15)17-8-3-4-9-19-17/h3-11,20H,12H2,1-2H3. The summed E-state index contributed by atoms with van der Waals surface area (Å²) in [4.78, 5) is 15.8. The molecule has 0 amide bonds. The Morgan fingerprint density at radius 2 is 1.96 bits per heavy atom. The second-order valence-electron chi connectivity index (χ2n) is 5.77. The molecule has 1 aromatic carbocycles. The summed E-state index contributed by atoms with van der Waals surface area (Å²) in [7, 11) is -1.97. The first kappa shape index (κ1) is 18.0. The molecule has 26 heavy (non-hydrogen) atoms. The van der Waals surface area contributed by atoms with Crippen LogP contribution in [0.5, 0.6) is 0 Å². The number of hydrogen-bond acceptors (Lipinski definition) is 5. The zero-order chi connectivity index (χ0) is 18.7. The summed E-state index contributed by atoms with van der Waals surface area (Å²) in [5, 5.41) is 4.33. The lowest BCUT2D eigenvalue weighted by Gasteiger charge is -2.06. The summed E-state index contributed by atoms with van der Waals surface area (Å²) < 4.78 is 29.1. The predicted molar refractivity (Wildman–Crippen MR) is 96.9 cm³/mol. The Morgan fingerprint density at radius 1 is 1.15 bits per heavy atom. The van der Waals surface area contributed by atoms with Crippen LogP contribution in [-0.2, 0) is 23.6 Å². The van der Waals surface area contributed by atoms with Gasteiger partial charge in [-0.1, -0.05) is 18.2 Å². The van der Waals surface area contributed by atoms with Gasteiger partial charge in [0.15, 0.2) is 5.78 Å². The lowest BCUT2D eigenvalue weighted by Crippen LogP contribution is -2.23. The zero-order valence-corrected chi connectivity index (χ0v) is 15.2. The SMILES string of the molecule is CC(=O)c1cccc(S(=O)(=O)NCc2cc(-c3ccccn3)n(C)n2)c1. The maximum absolute atomic E-state index is 12.5. The Kier molecular flexibility index (Phi) is 4.97. The number of hydrogen-bond donors (Lipinski definition) is 1. The fourth-order valence-electron chi connectivity index (χ4n) is 2.50. The van der Waals surface area contributed by atoms with Crippen molar-refractivity contribution in [2.45, 2.75) is 18.4 Å². The maximum Gasteiger partial charge on any atom is 0.240 e. The Bertz CT molecular complexity index is 1040. The predicted octanol–water partition coefficient (Wildman–Crippen LogP) is 2.16. The first-order valence-electron chi connectivity index (χ1n) is 7.92. The number of aryl methyl sites for hydroxylation is 1. The van der Waals surface area contributed by atoms with Crippen LogP contribution in [0.3, 0.4) is 0 Å². The lowest BCUT2D eigenvalue weighted by molar-refractivity contribution is 0.101. The molecule has 0 aliphatic rings. The number of pyridine rings is 1. The molecule has 0 bridgehead atoms. The van der Waals surface area contributed by atoms with Crippen LogP contribution in [0.4, 0.5) is 0 Å². The van der Waals surface area contributed by atoms with Gasteiger partial charge in [-0.2, -0.15) is 5.10 Å². The largest absolute Gasteiger partial charge is 0.295 e. The van der Waals surface area contributed by atoms with Crippen molar-refractivity contribution < 1.29 is 13.2 Å². The van der Waals surface area contributed by atoms with Crippen LogP contribution in [-0.4, -0.2) is 29.0 Å². The molecule has 0 unspecified atom stereocenters. The highest BCUT2D eigenvalue weighted by Gasteiger charge is 2.16. The van der Waals surface area contributed by atoms with Gasteiger partial charge < -0.3 is 0 Å². The van der Waals surface area contributed by atoms with Crippen molar-refractivity contribution in [1.29, 1.82) is 0 Å². The minimum atomic E-state index is -3.75. The quantitative estimate of drug-likeness (QED) is 0.671. The number of ketones is 1. The monoisotopic (exact) mass is 370 g/mol. The van der Waals surface area contributed by atoms with Gasteiger partial charge in [-0.15, -0.1) is 0 Å². The van der Waals surface area contributed by atoms with Crippen molar-refractivity contribution in [2.75, 3.05) is 0 Å². The fraction of sp³-hybridized carbons (Fsp3) is 0.167. The van der Waals surface area contributed by atoms with Crippen LogP contribution in [0.25, 0.3) is 11.4 Å². The van der Waals surface area contributed by atoms with Crippen LogP contribution < -0.4 is 4.72 Å². The van der Waals surface area contributed by atoms with Crippen molar-refractivity contribution in [3.8, 4) is 11.4 Å². The smallest absolute Gasteiger partial charge is 0.240 e. The second-order valence-corrected chi connectivity index (χ2v) is 7.54. The Balaban J connectivity index is 1.79. The molecule has 0 saturated carbocycles. The summed E-state index contributed by atoms with van der Waals surface area (Å²) in [6.45, 7) is 1.43. The highest BCUT2D eigenvalue weighted by atomic mass is 32.2. The number of nitrogens with zero attached hydrogens (tertiary/aromatic N) is 3. The zero-order valence-electron chi connectivity index (χ0n) is 14.4. The fourth-order valence-corrected chi connectivity index (χ4v) is 3.55. The minimum Gasteiger partial charge on any atom is -0.295 e. The molecule has 0 aliphatic carbocycles. The van der Waals surface area contributed by atoms with Gasteiger partial charge in [-0.25, -0.2) is 13.1 Å². The maximum atomic E-state index is 12.5. The number of carbonyl (C=O) groups excluding carboxylic acids is 1. The highest BCUT2D eigenvalue weighted by molar-refractivity contribution is 7.89. The average molecular weight is 370 g/mol. The van der Waals surface area contributed by atoms with E-state index >= 15 is 0 Å². The van der Waals surface area contributed by atoms with Crippen LogP contribution in [0.1, 0.15) is 23.0 Å². The first-order valence-corrected chi connectivity index (χ1v) is 9.40. The number of benzene rings is 1. The first-order chi connectivity index (χ1) is 12.4. The van der Waals surface area contributed by atoms with E-state index in [-0.39, 0.29) is 17.2 Å². The molecule has 0 atom stereocenters. The number of aromatic nitrogens is 3. The van der Waals surface area contributed by atoms with Crippen molar-refractivity contribution in [3.63, 3.8) is 0 Å². The summed E-state index contributed by atoms with van der Waals surface area (Å²) >= 11 is 0. The molecule has 2 heterocycles. The van der Waals surface area contributed by atoms with Gasteiger partial charge in [0.05, 0.1) is 28.5 Å². The molecule has 134 valence electrons. The molecule has 3 aromatic rings. The summed E-state index contributed by atoms with van der Waals surface area (Å²) in [6, 6.07) is 13.3. The van der Waals surface area contributed by atoms with E-state index in [1.54, 1.807) is 36.1 Å². The van der Waals surface area contributed by atoms with E-state index in [1.807, 2.05) is 18.2 Å². The molecule has 0 spiro atoms. The van der Waals surface area contributed by atoms with Gasteiger partial charge in [0, 0.05) is 18.8 Å². The van der Waals surface area contributed by atoms with E-state index in [0.717, 1.165) is 11.4 Å². The molecule has 0 aliphatic heterocycles. The Labute approximate surface area is 151 Å². The Hall–Kier alpha value is -2.84. The van der Waals surface area contributed by atoms with Crippen molar-refractivity contribution in [2.24, 2.45) is 7.05 Å². The molecule has 7 nitrogen and oxygen atoms in total. The molecule has 0 saturated heterocycles. The topological polar surface area (TPSA) is 94.0 Å². The number of nitrogens with one attached hydrogen (secondary N) is 1. The minimum absolute atomic E-state index is 0.0350. The van der Waals surface area contributed by atoms with Crippen LogP contribution >= 0.6 is 0 Å². The lowest BCUT2D eigenvalue weighted by atomic mass is 10.2. The van der Waals surface area contributed by atoms with Crippen LogP contribution in [0.2, 0.25) is 0 Å². The van der Waals surface area contributed by atoms with Gasteiger partial charge in [-0.05, 0) is 37.3 Å². The van der Waals surface area contributed by atoms with Gasteiger partial charge in [0.1, 0.15) is 0 Å². The van der Waals surface area contributed by atoms with E-state index in [9.17, 15) is 13.2 Å². The summed E-state index contributed by atoms with van der Waals surface area (Å²) in [6.07, 6.45) is 1.69. The summed E-state index contributed by atoms with van der Waals surface area (Å²) in [5.74, 6) is -0.188. The molecule has 3 rings (SSSR count). The number of carbonyl (C=O) groups is 1. The van der Waals surface area contributed by atoms with Crippen molar-refractivity contribution in [1.82, 2.24) is 19.5 Å². The van der Waals surface area contributed by atoms with E-state index < -0.39 is 10.0 Å². The number of rotatable bonds is 6. The number of Topliss-reactive ketones (excluding diaryl/α,β-unsaturated/α-hetero) is 1. The molecule has 2 aromatic heterocycles.